The maximum Gasteiger partial charge on any atom is 0.321 e. The number of rotatable bonds is 6. The zero-order valence-electron chi connectivity index (χ0n) is 12.1. The smallest absolute Gasteiger partial charge is 0.321 e. The van der Waals surface area contributed by atoms with Gasteiger partial charge in [-0.2, -0.15) is 0 Å². The van der Waals surface area contributed by atoms with Crippen molar-refractivity contribution in [1.29, 1.82) is 0 Å². The molecular weight excluding hydrogens is 290 g/mol. The topological polar surface area (TPSA) is 57.0 Å². The van der Waals surface area contributed by atoms with E-state index in [-0.39, 0.29) is 5.97 Å². The van der Waals surface area contributed by atoms with Crippen LogP contribution in [0.1, 0.15) is 37.6 Å². The molecule has 1 heterocycles. The molecule has 1 unspecified atom stereocenters. The van der Waals surface area contributed by atoms with Crippen LogP contribution in [0.3, 0.4) is 0 Å². The molecule has 0 amide bonds. The highest BCUT2D eigenvalue weighted by Gasteiger charge is 2.30. The molecule has 112 valence electrons. The van der Waals surface area contributed by atoms with Gasteiger partial charge in [0, 0.05) is 11.6 Å². The van der Waals surface area contributed by atoms with Gasteiger partial charge < -0.3 is 9.30 Å². The molecule has 1 aromatic heterocycles. The van der Waals surface area contributed by atoms with E-state index in [0.29, 0.717) is 23.0 Å². The van der Waals surface area contributed by atoms with Crippen LogP contribution in [0.5, 0.6) is 0 Å². The van der Waals surface area contributed by atoms with Gasteiger partial charge in [-0.1, -0.05) is 36.7 Å². The van der Waals surface area contributed by atoms with E-state index in [4.69, 9.17) is 16.3 Å². The number of aromatic nitrogens is 3. The van der Waals surface area contributed by atoms with Crippen molar-refractivity contribution in [1.82, 2.24) is 14.8 Å². The van der Waals surface area contributed by atoms with Crippen molar-refractivity contribution in [3.8, 4) is 0 Å². The fourth-order valence-corrected chi connectivity index (χ4v) is 2.45. The Hall–Kier alpha value is -1.88. The number of aryl methyl sites for hydroxylation is 1. The van der Waals surface area contributed by atoms with E-state index in [0.717, 1.165) is 13.0 Å². The molecule has 0 bridgehead atoms. The van der Waals surface area contributed by atoms with Crippen molar-refractivity contribution in [2.75, 3.05) is 6.61 Å². The van der Waals surface area contributed by atoms with Gasteiger partial charge in [0.15, 0.2) is 5.82 Å². The van der Waals surface area contributed by atoms with Crippen LogP contribution >= 0.6 is 11.6 Å². The van der Waals surface area contributed by atoms with Crippen LogP contribution in [0.15, 0.2) is 30.6 Å². The average Bonchev–Trinajstić information content (AvgIpc) is 2.90. The van der Waals surface area contributed by atoms with Gasteiger partial charge in [-0.15, -0.1) is 10.2 Å². The standard InChI is InChI=1S/C15H18ClN3O2/c1-3-9-19-10-17-18-14(19)13(15(20)21-4-2)11-7-5-6-8-12(11)16/h5-8,10,13H,3-4,9H2,1-2H3. The second kappa shape index (κ2) is 7.22. The fraction of sp³-hybridized carbons (Fsp3) is 0.400. The van der Waals surface area contributed by atoms with Crippen molar-refractivity contribution in [2.24, 2.45) is 0 Å². The van der Waals surface area contributed by atoms with E-state index in [9.17, 15) is 4.79 Å². The monoisotopic (exact) mass is 307 g/mol. The third-order valence-corrected chi connectivity index (χ3v) is 3.45. The molecule has 0 N–H and O–H groups in total. The van der Waals surface area contributed by atoms with Gasteiger partial charge in [0.2, 0.25) is 0 Å². The molecule has 2 rings (SSSR count). The summed E-state index contributed by atoms with van der Waals surface area (Å²) in [6.07, 6.45) is 2.55. The first-order chi connectivity index (χ1) is 10.2. The van der Waals surface area contributed by atoms with Crippen molar-refractivity contribution in [3.05, 3.63) is 47.0 Å². The SMILES string of the molecule is CCCn1cnnc1C(C(=O)OCC)c1ccccc1Cl. The van der Waals surface area contributed by atoms with Crippen LogP contribution in [0.4, 0.5) is 0 Å². The zero-order valence-corrected chi connectivity index (χ0v) is 12.9. The Balaban J connectivity index is 2.48. The lowest BCUT2D eigenvalue weighted by Gasteiger charge is -2.17. The molecule has 0 saturated carbocycles. The summed E-state index contributed by atoms with van der Waals surface area (Å²) in [6.45, 7) is 4.88. The summed E-state index contributed by atoms with van der Waals surface area (Å²) in [5.41, 5.74) is 0.683. The highest BCUT2D eigenvalue weighted by Crippen LogP contribution is 2.30. The van der Waals surface area contributed by atoms with Gasteiger partial charge in [0.05, 0.1) is 6.61 Å². The highest BCUT2D eigenvalue weighted by atomic mass is 35.5. The molecule has 2 aromatic rings. The number of halogens is 1. The molecule has 5 nitrogen and oxygen atoms in total. The Morgan fingerprint density at radius 2 is 2.14 bits per heavy atom. The molecule has 1 aromatic carbocycles. The zero-order chi connectivity index (χ0) is 15.2. The van der Waals surface area contributed by atoms with E-state index in [1.165, 1.54) is 0 Å². The molecule has 1 atom stereocenters. The number of hydrogen-bond acceptors (Lipinski definition) is 4. The van der Waals surface area contributed by atoms with Gasteiger partial charge in [-0.05, 0) is 25.0 Å². The van der Waals surface area contributed by atoms with Gasteiger partial charge in [0.1, 0.15) is 12.2 Å². The Kier molecular flexibility index (Phi) is 5.33. The van der Waals surface area contributed by atoms with E-state index >= 15 is 0 Å². The van der Waals surface area contributed by atoms with E-state index in [2.05, 4.69) is 17.1 Å². The number of hydrogen-bond donors (Lipinski definition) is 0. The second-order valence-electron chi connectivity index (χ2n) is 4.59. The molecule has 0 aliphatic heterocycles. The minimum absolute atomic E-state index is 0.307. The molecule has 0 fully saturated rings. The molecular formula is C15H18ClN3O2. The Labute approximate surface area is 128 Å². The number of esters is 1. The minimum Gasteiger partial charge on any atom is -0.465 e. The first-order valence-corrected chi connectivity index (χ1v) is 7.35. The molecule has 6 heteroatoms. The first-order valence-electron chi connectivity index (χ1n) is 6.97. The van der Waals surface area contributed by atoms with Crippen LogP contribution in [-0.2, 0) is 16.1 Å². The third kappa shape index (κ3) is 3.42. The lowest BCUT2D eigenvalue weighted by molar-refractivity contribution is -0.144. The van der Waals surface area contributed by atoms with Crippen LogP contribution in [-0.4, -0.2) is 27.3 Å². The van der Waals surface area contributed by atoms with E-state index < -0.39 is 5.92 Å². The summed E-state index contributed by atoms with van der Waals surface area (Å²) in [5.74, 6) is -0.466. The number of carbonyl (C=O) groups excluding carboxylic acids is 1. The second-order valence-corrected chi connectivity index (χ2v) is 5.00. The predicted molar refractivity (Wildman–Crippen MR) is 80.2 cm³/mol. The largest absolute Gasteiger partial charge is 0.465 e. The third-order valence-electron chi connectivity index (χ3n) is 3.11. The molecule has 0 aliphatic carbocycles. The van der Waals surface area contributed by atoms with Crippen LogP contribution in [0.25, 0.3) is 0 Å². The minimum atomic E-state index is -0.660. The Morgan fingerprint density at radius 1 is 1.38 bits per heavy atom. The van der Waals surface area contributed by atoms with Crippen molar-refractivity contribution in [3.63, 3.8) is 0 Å². The van der Waals surface area contributed by atoms with Gasteiger partial charge in [0.25, 0.3) is 0 Å². The summed E-state index contributed by atoms with van der Waals surface area (Å²) in [4.78, 5) is 12.4. The molecule has 0 aliphatic rings. The maximum atomic E-state index is 12.4. The number of benzene rings is 1. The summed E-state index contributed by atoms with van der Waals surface area (Å²) in [5, 5.41) is 8.55. The van der Waals surface area contributed by atoms with Gasteiger partial charge in [-0.25, -0.2) is 0 Å². The Morgan fingerprint density at radius 3 is 2.81 bits per heavy atom. The molecule has 0 radical (unpaired) electrons. The lowest BCUT2D eigenvalue weighted by atomic mass is 9.98. The van der Waals surface area contributed by atoms with Crippen LogP contribution < -0.4 is 0 Å². The van der Waals surface area contributed by atoms with E-state index in [1.807, 2.05) is 22.8 Å². The summed E-state index contributed by atoms with van der Waals surface area (Å²) in [7, 11) is 0. The quantitative estimate of drug-likeness (QED) is 0.770. The maximum absolute atomic E-state index is 12.4. The van der Waals surface area contributed by atoms with E-state index in [1.54, 1.807) is 19.3 Å². The highest BCUT2D eigenvalue weighted by molar-refractivity contribution is 6.31. The van der Waals surface area contributed by atoms with Crippen LogP contribution in [0.2, 0.25) is 5.02 Å². The van der Waals surface area contributed by atoms with Crippen LogP contribution in [0, 0.1) is 0 Å². The summed E-state index contributed by atoms with van der Waals surface area (Å²) in [6, 6.07) is 7.23. The lowest BCUT2D eigenvalue weighted by Crippen LogP contribution is -2.21. The van der Waals surface area contributed by atoms with Crippen molar-refractivity contribution >= 4 is 17.6 Å². The summed E-state index contributed by atoms with van der Waals surface area (Å²) < 4.78 is 7.06. The first kappa shape index (κ1) is 15.5. The van der Waals surface area contributed by atoms with Crippen molar-refractivity contribution in [2.45, 2.75) is 32.7 Å². The number of carbonyl (C=O) groups is 1. The normalized spacial score (nSPS) is 12.1. The van der Waals surface area contributed by atoms with Crippen molar-refractivity contribution < 1.29 is 9.53 Å². The number of ether oxygens (including phenoxy) is 1. The molecule has 0 saturated heterocycles. The fourth-order valence-electron chi connectivity index (χ4n) is 2.21. The van der Waals surface area contributed by atoms with Gasteiger partial charge in [-0.3, -0.25) is 4.79 Å². The van der Waals surface area contributed by atoms with Gasteiger partial charge >= 0.3 is 5.97 Å². The summed E-state index contributed by atoms with van der Waals surface area (Å²) >= 11 is 6.24. The predicted octanol–water partition coefficient (Wildman–Crippen LogP) is 3.04. The average molecular weight is 308 g/mol. The molecule has 21 heavy (non-hydrogen) atoms. The number of nitrogens with zero attached hydrogens (tertiary/aromatic N) is 3. The molecule has 0 spiro atoms. The Bertz CT molecular complexity index is 612.